The lowest BCUT2D eigenvalue weighted by molar-refractivity contribution is 0.248. The van der Waals surface area contributed by atoms with Crippen molar-refractivity contribution in [2.75, 3.05) is 58.8 Å². The molecule has 4 amide bonds. The highest BCUT2D eigenvalue weighted by atomic mass is 35.5. The molecule has 0 saturated carbocycles. The number of amides is 4. The zero-order valence-corrected chi connectivity index (χ0v) is 35.2. The fourth-order valence-corrected chi connectivity index (χ4v) is 7.12. The molecule has 8 aromatic rings. The first-order valence-corrected chi connectivity index (χ1v) is 20.5. The van der Waals surface area contributed by atoms with Crippen molar-refractivity contribution in [3.05, 3.63) is 157 Å². The lowest BCUT2D eigenvalue weighted by atomic mass is 10.2. The highest BCUT2D eigenvalue weighted by molar-refractivity contribution is 6.30. The van der Waals surface area contributed by atoms with E-state index in [-0.39, 0.29) is 39.3 Å². The number of piperazine rings is 1. The number of hydrogen-bond acceptors (Lipinski definition) is 11. The smallest absolute Gasteiger partial charge is 0.345 e. The number of hydrogen-bond donors (Lipinski definition) is 3. The van der Waals surface area contributed by atoms with E-state index in [2.05, 4.69) is 35.8 Å². The summed E-state index contributed by atoms with van der Waals surface area (Å²) in [5.41, 5.74) is 2.93. The Balaban J connectivity index is 1.01. The fourth-order valence-electron chi connectivity index (χ4n) is 7.00. The number of aromatic nitrogens is 4. The van der Waals surface area contributed by atoms with E-state index in [0.717, 1.165) is 48.3 Å². The predicted octanol–water partition coefficient (Wildman–Crippen LogP) is 10.2. The van der Waals surface area contributed by atoms with Gasteiger partial charge in [0.1, 0.15) is 34.6 Å². The Labute approximate surface area is 375 Å². The third kappa shape index (κ3) is 9.61. The van der Waals surface area contributed by atoms with Crippen molar-refractivity contribution in [1.29, 1.82) is 0 Å². The number of carbonyl (C=O) groups excluding carboxylic acids is 2. The number of hydrazine groups is 1. The second-order valence-corrected chi connectivity index (χ2v) is 14.9. The first-order valence-electron chi connectivity index (χ1n) is 20.2. The molecular weight excluding hydrogens is 858 g/mol. The van der Waals surface area contributed by atoms with Crippen LogP contribution in [0.5, 0.6) is 28.7 Å². The van der Waals surface area contributed by atoms with Gasteiger partial charge in [0.15, 0.2) is 11.6 Å². The maximum atomic E-state index is 15.4. The average Bonchev–Trinajstić information content (AvgIpc) is 3.33. The zero-order chi connectivity index (χ0) is 44.9. The molecule has 0 aliphatic carbocycles. The van der Waals surface area contributed by atoms with E-state index < -0.39 is 23.7 Å². The van der Waals surface area contributed by atoms with Gasteiger partial charge in [-0.3, -0.25) is 15.0 Å². The second kappa shape index (κ2) is 18.7. The van der Waals surface area contributed by atoms with Gasteiger partial charge in [-0.15, -0.1) is 0 Å². The van der Waals surface area contributed by atoms with Gasteiger partial charge >= 0.3 is 12.1 Å². The first kappa shape index (κ1) is 42.2. The van der Waals surface area contributed by atoms with Gasteiger partial charge in [-0.05, 0) is 84.9 Å². The topological polar surface area (TPSA) is 159 Å². The van der Waals surface area contributed by atoms with Gasteiger partial charge in [0, 0.05) is 80.3 Å². The Morgan fingerprint density at radius 3 is 2.02 bits per heavy atom. The molecule has 1 aliphatic heterocycles. The van der Waals surface area contributed by atoms with Gasteiger partial charge < -0.3 is 35.1 Å². The molecule has 0 atom stereocenters. The summed E-state index contributed by atoms with van der Waals surface area (Å²) >= 11 is 6.09. The Bertz CT molecular complexity index is 3050. The number of anilines is 5. The monoisotopic (exact) mass is 894 g/mol. The maximum Gasteiger partial charge on any atom is 0.345 e. The largest absolute Gasteiger partial charge is 0.497 e. The molecule has 1 saturated heterocycles. The van der Waals surface area contributed by atoms with Crippen LogP contribution in [-0.4, -0.2) is 65.3 Å². The number of benzene rings is 6. The molecule has 1 fully saturated rings. The Kier molecular flexibility index (Phi) is 12.1. The highest BCUT2D eigenvalue weighted by Gasteiger charge is 2.31. The lowest BCUT2D eigenvalue weighted by Crippen LogP contribution is -2.54. The molecule has 326 valence electrons. The van der Waals surface area contributed by atoms with Crippen molar-refractivity contribution in [2.45, 2.75) is 0 Å². The molecule has 0 radical (unpaired) electrons. The lowest BCUT2D eigenvalue weighted by Gasteiger charge is -2.35. The number of ether oxygens (including phenoxy) is 3. The van der Waals surface area contributed by atoms with Crippen molar-refractivity contribution in [1.82, 2.24) is 25.3 Å². The minimum atomic E-state index is -0.951. The predicted molar refractivity (Wildman–Crippen MR) is 245 cm³/mol. The summed E-state index contributed by atoms with van der Waals surface area (Å²) in [7, 11) is 1.48. The van der Waals surface area contributed by atoms with Crippen molar-refractivity contribution in [3.8, 4) is 28.7 Å². The number of methoxy groups -OCH3 is 1. The Morgan fingerprint density at radius 1 is 0.646 bits per heavy atom. The second-order valence-electron chi connectivity index (χ2n) is 14.5. The molecule has 3 N–H and O–H groups in total. The number of fused-ring (bicyclic) bond motifs is 2. The number of halogens is 3. The van der Waals surface area contributed by atoms with Gasteiger partial charge in [-0.2, -0.15) is 10.0 Å². The van der Waals surface area contributed by atoms with Crippen LogP contribution in [0.15, 0.2) is 140 Å². The van der Waals surface area contributed by atoms with E-state index in [4.69, 9.17) is 30.8 Å². The summed E-state index contributed by atoms with van der Waals surface area (Å²) in [6.07, 6.45) is 4.90. The summed E-state index contributed by atoms with van der Waals surface area (Å²) < 4.78 is 48.2. The van der Waals surface area contributed by atoms with Crippen LogP contribution in [0.3, 0.4) is 0 Å². The van der Waals surface area contributed by atoms with Crippen LogP contribution in [0.2, 0.25) is 5.02 Å². The molecule has 2 aromatic heterocycles. The molecule has 65 heavy (non-hydrogen) atoms. The fraction of sp³-hybridized carbons (Fsp3) is 0.106. The van der Waals surface area contributed by atoms with Crippen molar-refractivity contribution in [3.63, 3.8) is 0 Å². The van der Waals surface area contributed by atoms with E-state index in [1.165, 1.54) is 43.5 Å². The highest BCUT2D eigenvalue weighted by Crippen LogP contribution is 2.33. The van der Waals surface area contributed by atoms with Gasteiger partial charge in [-0.1, -0.05) is 17.7 Å². The zero-order valence-electron chi connectivity index (χ0n) is 34.4. The Morgan fingerprint density at radius 2 is 1.28 bits per heavy atom. The minimum Gasteiger partial charge on any atom is -0.497 e. The van der Waals surface area contributed by atoms with Crippen molar-refractivity contribution in [2.24, 2.45) is 0 Å². The van der Waals surface area contributed by atoms with Crippen molar-refractivity contribution < 1.29 is 32.6 Å². The van der Waals surface area contributed by atoms with Crippen LogP contribution >= 0.6 is 11.6 Å². The standard InChI is InChI=1S/C47H37ClF2N10O5/c1-63-33-9-6-31(7-10-33)59(46(61)55-29-3-2-4-34(23-29)64-35-11-15-40-42(26-35)53-18-17-52-40)60(32-8-13-37(48)39(50)25-32)47(62)56-30-5-14-38(49)44(24-30)65-36-12-16-41-43(27-36)57-45(28-54-41)58-21-19-51-20-22-58/h2-18,23-28,51H,19-22H2,1H3,(H,55,61)(H,56,62). The van der Waals surface area contributed by atoms with E-state index in [0.29, 0.717) is 45.1 Å². The molecule has 18 heteroatoms. The van der Waals surface area contributed by atoms with Crippen LogP contribution in [-0.2, 0) is 0 Å². The number of nitrogens with zero attached hydrogens (tertiary/aromatic N) is 7. The van der Waals surface area contributed by atoms with E-state index in [1.54, 1.807) is 91.4 Å². The van der Waals surface area contributed by atoms with Gasteiger partial charge in [0.2, 0.25) is 0 Å². The number of rotatable bonds is 10. The SMILES string of the molecule is COc1ccc(N(C(=O)Nc2cccc(Oc3ccc4nccnc4c3)c2)N(C(=O)Nc2ccc(F)c(Oc3ccc4ncc(N5CCNCC5)nc4c3)c2)c2ccc(Cl)c(F)c2)cc1. The molecule has 0 spiro atoms. The van der Waals surface area contributed by atoms with Crippen LogP contribution in [0.4, 0.5) is 46.9 Å². The molecule has 6 aromatic carbocycles. The molecule has 9 rings (SSSR count). The molecule has 15 nitrogen and oxygen atoms in total. The third-order valence-electron chi connectivity index (χ3n) is 10.2. The quantitative estimate of drug-likeness (QED) is 0.112. The minimum absolute atomic E-state index is 0.0759. The molecule has 3 heterocycles. The normalized spacial score (nSPS) is 12.4. The van der Waals surface area contributed by atoms with Crippen LogP contribution in [0, 0.1) is 11.6 Å². The third-order valence-corrected chi connectivity index (χ3v) is 10.5. The first-order chi connectivity index (χ1) is 31.7. The number of carbonyl (C=O) groups is 2. The van der Waals surface area contributed by atoms with Crippen LogP contribution in [0.1, 0.15) is 0 Å². The summed E-state index contributed by atoms with van der Waals surface area (Å²) in [5.74, 6) is 0.500. The van der Waals surface area contributed by atoms with E-state index in [1.807, 2.05) is 0 Å². The van der Waals surface area contributed by atoms with Gasteiger partial charge in [0.25, 0.3) is 0 Å². The van der Waals surface area contributed by atoms with Crippen LogP contribution < -0.4 is 45.1 Å². The van der Waals surface area contributed by atoms with E-state index in [9.17, 15) is 9.59 Å². The molecule has 0 bridgehead atoms. The summed E-state index contributed by atoms with van der Waals surface area (Å²) in [4.78, 5) is 49.3. The van der Waals surface area contributed by atoms with Crippen LogP contribution in [0.25, 0.3) is 22.1 Å². The van der Waals surface area contributed by atoms with E-state index >= 15 is 8.78 Å². The van der Waals surface area contributed by atoms with Gasteiger partial charge in [-0.25, -0.2) is 23.4 Å². The maximum absolute atomic E-state index is 15.4. The van der Waals surface area contributed by atoms with Gasteiger partial charge in [0.05, 0.1) is 51.8 Å². The number of nitrogens with one attached hydrogen (secondary N) is 3. The van der Waals surface area contributed by atoms with Crippen molar-refractivity contribution >= 4 is 74.3 Å². The molecule has 0 unspecified atom stereocenters. The summed E-state index contributed by atoms with van der Waals surface area (Å²) in [5, 5.41) is 10.6. The summed E-state index contributed by atoms with van der Waals surface area (Å²) in [6, 6.07) is 28.7. The Hall–Kier alpha value is -8.15. The molecular formula is C47H37ClF2N10O5. The summed E-state index contributed by atoms with van der Waals surface area (Å²) in [6.45, 7) is 3.21. The average molecular weight is 895 g/mol. The molecule has 1 aliphatic rings. The number of urea groups is 2.